The van der Waals surface area contributed by atoms with Crippen molar-refractivity contribution in [1.82, 2.24) is 18.3 Å². The smallest absolute Gasteiger partial charge is 0.262 e. The highest BCUT2D eigenvalue weighted by Crippen LogP contribution is 2.42. The largest absolute Gasteiger partial charge is 0.494 e. The Morgan fingerprint density at radius 1 is 0.872 bits per heavy atom. The molecule has 13 heteroatoms. The van der Waals surface area contributed by atoms with Crippen molar-refractivity contribution in [3.63, 3.8) is 0 Å². The van der Waals surface area contributed by atoms with Crippen molar-refractivity contribution in [2.45, 2.75) is 12.5 Å². The van der Waals surface area contributed by atoms with Crippen LogP contribution in [0.2, 0.25) is 5.02 Å². The van der Waals surface area contributed by atoms with Crippen LogP contribution in [-0.2, 0) is 34.8 Å². The second kappa shape index (κ2) is 11.1. The molecule has 0 radical (unpaired) electrons. The normalized spacial score (nSPS) is 11.3. The monoisotopic (exact) mass is 650 g/mol. The van der Waals surface area contributed by atoms with Crippen molar-refractivity contribution in [2.24, 2.45) is 28.2 Å². The van der Waals surface area contributed by atoms with E-state index < -0.39 is 28.8 Å². The fraction of sp³-hybridized carbons (Fsp3) is 0.231. The molecule has 0 bridgehead atoms. The zero-order chi connectivity index (χ0) is 28.8. The molecule has 4 rings (SSSR count). The summed E-state index contributed by atoms with van der Waals surface area (Å²) in [4.78, 5) is 27.1. The molecular weight excluding hydrogens is 628 g/mol. The molecule has 4 aromatic rings. The molecule has 0 atom stereocenters. The first-order valence-corrected chi connectivity index (χ1v) is 13.5. The number of halogens is 2. The molecule has 0 aliphatic carbocycles. The predicted octanol–water partition coefficient (Wildman–Crippen LogP) is 4.81. The molecular formula is C26H24BrClN4O5S2. The van der Waals surface area contributed by atoms with E-state index in [2.05, 4.69) is 15.9 Å². The molecule has 2 N–H and O–H groups in total. The van der Waals surface area contributed by atoms with Crippen LogP contribution in [0.1, 0.15) is 28.2 Å². The molecule has 0 saturated heterocycles. The highest BCUT2D eigenvalue weighted by atomic mass is 79.9. The number of benzene rings is 2. The van der Waals surface area contributed by atoms with Crippen LogP contribution in [0.25, 0.3) is 0 Å². The average molecular weight is 652 g/mol. The quantitative estimate of drug-likeness (QED) is 0.289. The molecule has 0 aliphatic heterocycles. The number of hydrogen-bond donors (Lipinski definition) is 2. The SMILES string of the molecule is Cn1c(O)c(C(c2cc(Cl)c(OCc3ccccc3)c(Br)c2)c2c(O)n(C)c(=S)n(C)c2=O)c(=O)n(C)c1=S. The maximum Gasteiger partial charge on any atom is 0.262 e. The Morgan fingerprint density at radius 2 is 1.36 bits per heavy atom. The Hall–Kier alpha value is -3.19. The van der Waals surface area contributed by atoms with Gasteiger partial charge < -0.3 is 14.9 Å². The lowest BCUT2D eigenvalue weighted by atomic mass is 9.86. The van der Waals surface area contributed by atoms with E-state index in [4.69, 9.17) is 40.8 Å². The molecule has 2 aromatic carbocycles. The van der Waals surface area contributed by atoms with Gasteiger partial charge in [0.1, 0.15) is 6.61 Å². The minimum absolute atomic E-state index is 0.0625. The first-order chi connectivity index (χ1) is 18.4. The maximum atomic E-state index is 13.5. The molecule has 204 valence electrons. The summed E-state index contributed by atoms with van der Waals surface area (Å²) in [6.07, 6.45) is 0. The van der Waals surface area contributed by atoms with Gasteiger partial charge in [-0.15, -0.1) is 0 Å². The van der Waals surface area contributed by atoms with Crippen molar-refractivity contribution < 1.29 is 14.9 Å². The van der Waals surface area contributed by atoms with Gasteiger partial charge >= 0.3 is 0 Å². The Bertz CT molecular complexity index is 1740. The average Bonchev–Trinajstić information content (AvgIpc) is 2.92. The van der Waals surface area contributed by atoms with E-state index in [1.807, 2.05) is 30.3 Å². The van der Waals surface area contributed by atoms with E-state index in [1.54, 1.807) is 6.07 Å². The summed E-state index contributed by atoms with van der Waals surface area (Å²) in [5.74, 6) is -1.84. The summed E-state index contributed by atoms with van der Waals surface area (Å²) < 4.78 is 11.4. The van der Waals surface area contributed by atoms with E-state index in [0.29, 0.717) is 15.8 Å². The van der Waals surface area contributed by atoms with E-state index in [1.165, 1.54) is 52.5 Å². The zero-order valence-corrected chi connectivity index (χ0v) is 25.3. The van der Waals surface area contributed by atoms with Gasteiger partial charge in [-0.1, -0.05) is 41.9 Å². The first-order valence-electron chi connectivity index (χ1n) is 11.5. The van der Waals surface area contributed by atoms with Gasteiger partial charge in [-0.2, -0.15) is 0 Å². The van der Waals surface area contributed by atoms with Crippen molar-refractivity contribution in [3.05, 3.63) is 104 Å². The van der Waals surface area contributed by atoms with Crippen LogP contribution in [-0.4, -0.2) is 28.5 Å². The van der Waals surface area contributed by atoms with Crippen LogP contribution in [0.3, 0.4) is 0 Å². The third kappa shape index (κ3) is 5.09. The van der Waals surface area contributed by atoms with Gasteiger partial charge in [0.2, 0.25) is 11.8 Å². The molecule has 0 fully saturated rings. The molecule has 0 amide bonds. The molecule has 2 aromatic heterocycles. The second-order valence-electron chi connectivity index (χ2n) is 8.91. The van der Waals surface area contributed by atoms with Crippen molar-refractivity contribution in [2.75, 3.05) is 0 Å². The topological polar surface area (TPSA) is 104 Å². The van der Waals surface area contributed by atoms with E-state index in [9.17, 15) is 19.8 Å². The molecule has 0 unspecified atom stereocenters. The van der Waals surface area contributed by atoms with Crippen LogP contribution >= 0.6 is 52.0 Å². The lowest BCUT2D eigenvalue weighted by molar-refractivity contribution is 0.304. The van der Waals surface area contributed by atoms with Gasteiger partial charge in [-0.05, 0) is 63.6 Å². The van der Waals surface area contributed by atoms with E-state index in [0.717, 1.165) is 5.56 Å². The highest BCUT2D eigenvalue weighted by molar-refractivity contribution is 9.10. The summed E-state index contributed by atoms with van der Waals surface area (Å²) in [6.45, 7) is 0.247. The van der Waals surface area contributed by atoms with Gasteiger partial charge in [-0.3, -0.25) is 27.9 Å². The lowest BCUT2D eigenvalue weighted by Gasteiger charge is -2.24. The number of hydrogen-bond acceptors (Lipinski definition) is 7. The molecule has 9 nitrogen and oxygen atoms in total. The Morgan fingerprint density at radius 3 is 1.82 bits per heavy atom. The van der Waals surface area contributed by atoms with Crippen molar-refractivity contribution in [3.8, 4) is 17.5 Å². The van der Waals surface area contributed by atoms with Gasteiger partial charge in [0.05, 0.1) is 26.5 Å². The number of nitrogens with zero attached hydrogens (tertiary/aromatic N) is 4. The summed E-state index contributed by atoms with van der Waals surface area (Å²) in [7, 11) is 5.90. The van der Waals surface area contributed by atoms with Gasteiger partial charge in [0, 0.05) is 28.2 Å². The summed E-state index contributed by atoms with van der Waals surface area (Å²) in [6, 6.07) is 12.7. The van der Waals surface area contributed by atoms with Crippen LogP contribution < -0.4 is 15.9 Å². The van der Waals surface area contributed by atoms with E-state index >= 15 is 0 Å². The van der Waals surface area contributed by atoms with Crippen LogP contribution in [0.15, 0.2) is 56.5 Å². The number of rotatable bonds is 6. The Balaban J connectivity index is 2.02. The number of ether oxygens (including phenoxy) is 1. The lowest BCUT2D eigenvalue weighted by Crippen LogP contribution is -2.33. The number of aromatic hydroxyl groups is 2. The molecule has 0 aliphatic rings. The zero-order valence-electron chi connectivity index (χ0n) is 21.3. The minimum atomic E-state index is -1.26. The third-order valence-corrected chi connectivity index (χ3v) is 8.46. The molecule has 0 saturated carbocycles. The highest BCUT2D eigenvalue weighted by Gasteiger charge is 2.33. The van der Waals surface area contributed by atoms with Crippen LogP contribution in [0.4, 0.5) is 0 Å². The molecule has 39 heavy (non-hydrogen) atoms. The molecule has 0 spiro atoms. The maximum absolute atomic E-state index is 13.5. The van der Waals surface area contributed by atoms with Gasteiger partial charge in [0.25, 0.3) is 11.1 Å². The summed E-state index contributed by atoms with van der Waals surface area (Å²) in [5, 5.41) is 22.5. The summed E-state index contributed by atoms with van der Waals surface area (Å²) in [5.41, 5.74) is -0.407. The first kappa shape index (κ1) is 28.8. The van der Waals surface area contributed by atoms with Crippen LogP contribution in [0.5, 0.6) is 17.5 Å². The second-order valence-corrected chi connectivity index (χ2v) is 10.9. The Kier molecular flexibility index (Phi) is 8.22. The van der Waals surface area contributed by atoms with Gasteiger partial charge in [0.15, 0.2) is 15.3 Å². The fourth-order valence-corrected chi connectivity index (χ4v) is 5.64. The molecule has 2 heterocycles. The third-order valence-electron chi connectivity index (χ3n) is 6.49. The van der Waals surface area contributed by atoms with Crippen molar-refractivity contribution in [1.29, 1.82) is 0 Å². The van der Waals surface area contributed by atoms with E-state index in [-0.39, 0.29) is 32.3 Å². The van der Waals surface area contributed by atoms with Crippen molar-refractivity contribution >= 4 is 52.0 Å². The number of aromatic nitrogens is 4. The Labute approximate surface area is 246 Å². The van der Waals surface area contributed by atoms with Crippen LogP contribution in [0, 0.1) is 9.54 Å². The summed E-state index contributed by atoms with van der Waals surface area (Å²) >= 11 is 20.7. The van der Waals surface area contributed by atoms with Gasteiger partial charge in [-0.25, -0.2) is 0 Å². The predicted molar refractivity (Wildman–Crippen MR) is 157 cm³/mol. The standard InChI is InChI=1S/C26H24BrClN4O5S2/c1-29-21(33)18(22(34)30(2)25(29)38)17(19-23(35)31(3)26(39)32(4)24(19)36)14-10-15(27)20(16(28)11-14)37-12-13-8-6-5-7-9-13/h5-11,17,33,35H,12H2,1-4H3. The fourth-order valence-electron chi connectivity index (χ4n) is 4.32. The minimum Gasteiger partial charge on any atom is -0.494 e.